The molecule has 2 rings (SSSR count). The minimum absolute atomic E-state index is 0.713. The third-order valence-electron chi connectivity index (χ3n) is 2.48. The molecular formula is C10H17N5. The first kappa shape index (κ1) is 10.2. The molecule has 82 valence electrons. The number of anilines is 2. The number of likely N-dealkylation sites (N-methyl/N-ethyl adjacent to an activating group) is 1. The van der Waals surface area contributed by atoms with E-state index >= 15 is 0 Å². The van der Waals surface area contributed by atoms with Gasteiger partial charge >= 0.3 is 0 Å². The van der Waals surface area contributed by atoms with E-state index in [1.54, 1.807) is 0 Å². The average Bonchev–Trinajstić information content (AvgIpc) is 2.42. The number of hydrogen-bond donors (Lipinski definition) is 2. The van der Waals surface area contributed by atoms with E-state index in [9.17, 15) is 0 Å². The second-order valence-electron chi connectivity index (χ2n) is 3.67. The molecule has 2 heterocycles. The number of rotatable bonds is 2. The Morgan fingerprint density at radius 1 is 1.60 bits per heavy atom. The fourth-order valence-electron chi connectivity index (χ4n) is 1.67. The lowest BCUT2D eigenvalue weighted by Crippen LogP contribution is -2.25. The lowest BCUT2D eigenvalue weighted by atomic mass is 10.3. The van der Waals surface area contributed by atoms with Gasteiger partial charge in [0.1, 0.15) is 5.82 Å². The molecule has 0 unspecified atom stereocenters. The van der Waals surface area contributed by atoms with Crippen LogP contribution in [0.15, 0.2) is 6.20 Å². The molecule has 0 aliphatic carbocycles. The van der Waals surface area contributed by atoms with E-state index in [1.165, 1.54) is 0 Å². The minimum Gasteiger partial charge on any atom is -0.358 e. The molecule has 0 radical (unpaired) electrons. The SMILES string of the molecule is CCNc1ncc2c(n1)N(C)CCNC2. The highest BCUT2D eigenvalue weighted by Gasteiger charge is 2.14. The van der Waals surface area contributed by atoms with E-state index in [2.05, 4.69) is 32.5 Å². The lowest BCUT2D eigenvalue weighted by Gasteiger charge is -2.17. The van der Waals surface area contributed by atoms with Crippen molar-refractivity contribution in [3.05, 3.63) is 11.8 Å². The van der Waals surface area contributed by atoms with Crippen LogP contribution in [0.3, 0.4) is 0 Å². The van der Waals surface area contributed by atoms with E-state index < -0.39 is 0 Å². The molecule has 1 aromatic rings. The van der Waals surface area contributed by atoms with Crippen LogP contribution in [0.25, 0.3) is 0 Å². The quantitative estimate of drug-likeness (QED) is 0.737. The van der Waals surface area contributed by atoms with Crippen LogP contribution in [-0.2, 0) is 6.54 Å². The summed E-state index contributed by atoms with van der Waals surface area (Å²) in [6.07, 6.45) is 1.90. The van der Waals surface area contributed by atoms with Gasteiger partial charge in [0.25, 0.3) is 0 Å². The summed E-state index contributed by atoms with van der Waals surface area (Å²) in [6.45, 7) is 5.71. The topological polar surface area (TPSA) is 53.1 Å². The van der Waals surface area contributed by atoms with Gasteiger partial charge in [-0.3, -0.25) is 0 Å². The molecular weight excluding hydrogens is 190 g/mol. The van der Waals surface area contributed by atoms with Crippen molar-refractivity contribution in [3.63, 3.8) is 0 Å². The maximum atomic E-state index is 4.51. The predicted molar refractivity (Wildman–Crippen MR) is 61.2 cm³/mol. The summed E-state index contributed by atoms with van der Waals surface area (Å²) in [4.78, 5) is 10.9. The molecule has 1 aliphatic heterocycles. The molecule has 1 aliphatic rings. The molecule has 1 aromatic heterocycles. The Kier molecular flexibility index (Phi) is 3.01. The molecule has 0 aromatic carbocycles. The summed E-state index contributed by atoms with van der Waals surface area (Å²) in [5.41, 5.74) is 1.16. The summed E-state index contributed by atoms with van der Waals surface area (Å²) in [5, 5.41) is 6.47. The zero-order valence-corrected chi connectivity index (χ0v) is 9.25. The Morgan fingerprint density at radius 2 is 2.47 bits per heavy atom. The number of nitrogens with one attached hydrogen (secondary N) is 2. The van der Waals surface area contributed by atoms with Crippen molar-refractivity contribution in [2.75, 3.05) is 36.9 Å². The normalized spacial score (nSPS) is 15.7. The summed E-state index contributed by atoms with van der Waals surface area (Å²) >= 11 is 0. The highest BCUT2D eigenvalue weighted by atomic mass is 15.2. The van der Waals surface area contributed by atoms with Gasteiger partial charge < -0.3 is 15.5 Å². The van der Waals surface area contributed by atoms with Crippen LogP contribution in [0.1, 0.15) is 12.5 Å². The van der Waals surface area contributed by atoms with Crippen LogP contribution in [0.4, 0.5) is 11.8 Å². The van der Waals surface area contributed by atoms with Crippen LogP contribution < -0.4 is 15.5 Å². The van der Waals surface area contributed by atoms with Gasteiger partial charge in [-0.25, -0.2) is 4.98 Å². The Labute approximate surface area is 89.9 Å². The summed E-state index contributed by atoms with van der Waals surface area (Å²) in [7, 11) is 2.06. The van der Waals surface area contributed by atoms with E-state index in [0.29, 0.717) is 5.95 Å². The third kappa shape index (κ3) is 2.18. The zero-order valence-electron chi connectivity index (χ0n) is 9.25. The second-order valence-corrected chi connectivity index (χ2v) is 3.67. The number of nitrogens with zero attached hydrogens (tertiary/aromatic N) is 3. The van der Waals surface area contributed by atoms with Crippen LogP contribution >= 0.6 is 0 Å². The van der Waals surface area contributed by atoms with E-state index in [0.717, 1.165) is 37.6 Å². The number of aromatic nitrogens is 2. The van der Waals surface area contributed by atoms with Gasteiger partial charge in [0.2, 0.25) is 5.95 Å². The summed E-state index contributed by atoms with van der Waals surface area (Å²) in [5.74, 6) is 1.75. The van der Waals surface area contributed by atoms with Crippen molar-refractivity contribution in [2.24, 2.45) is 0 Å². The molecule has 0 amide bonds. The van der Waals surface area contributed by atoms with E-state index in [-0.39, 0.29) is 0 Å². The fourth-order valence-corrected chi connectivity index (χ4v) is 1.67. The number of hydrogen-bond acceptors (Lipinski definition) is 5. The Balaban J connectivity index is 2.31. The van der Waals surface area contributed by atoms with Gasteiger partial charge in [-0.05, 0) is 6.92 Å². The van der Waals surface area contributed by atoms with Gasteiger partial charge in [-0.2, -0.15) is 4.98 Å². The Morgan fingerprint density at radius 3 is 3.27 bits per heavy atom. The first-order chi connectivity index (χ1) is 7.31. The molecule has 0 atom stereocenters. The van der Waals surface area contributed by atoms with Gasteiger partial charge in [0.15, 0.2) is 0 Å². The Bertz CT molecular complexity index is 339. The summed E-state index contributed by atoms with van der Waals surface area (Å²) in [6, 6.07) is 0. The largest absolute Gasteiger partial charge is 0.358 e. The van der Waals surface area contributed by atoms with Gasteiger partial charge in [-0.15, -0.1) is 0 Å². The zero-order chi connectivity index (χ0) is 10.7. The first-order valence-corrected chi connectivity index (χ1v) is 5.33. The highest BCUT2D eigenvalue weighted by Crippen LogP contribution is 2.18. The fraction of sp³-hybridized carbons (Fsp3) is 0.600. The monoisotopic (exact) mass is 207 g/mol. The van der Waals surface area contributed by atoms with E-state index in [1.807, 2.05) is 13.1 Å². The lowest BCUT2D eigenvalue weighted by molar-refractivity contribution is 0.706. The molecule has 15 heavy (non-hydrogen) atoms. The van der Waals surface area contributed by atoms with Crippen LogP contribution in [0.2, 0.25) is 0 Å². The highest BCUT2D eigenvalue weighted by molar-refractivity contribution is 5.49. The third-order valence-corrected chi connectivity index (χ3v) is 2.48. The van der Waals surface area contributed by atoms with Crippen LogP contribution in [0.5, 0.6) is 0 Å². The molecule has 5 nitrogen and oxygen atoms in total. The summed E-state index contributed by atoms with van der Waals surface area (Å²) < 4.78 is 0. The van der Waals surface area contributed by atoms with Crippen molar-refractivity contribution >= 4 is 11.8 Å². The first-order valence-electron chi connectivity index (χ1n) is 5.33. The van der Waals surface area contributed by atoms with Crippen LogP contribution in [0, 0.1) is 0 Å². The Hall–Kier alpha value is -1.36. The van der Waals surface area contributed by atoms with Crippen molar-refractivity contribution in [3.8, 4) is 0 Å². The molecule has 2 N–H and O–H groups in total. The molecule has 0 bridgehead atoms. The van der Waals surface area contributed by atoms with E-state index in [4.69, 9.17) is 0 Å². The van der Waals surface area contributed by atoms with Crippen molar-refractivity contribution in [1.29, 1.82) is 0 Å². The molecule has 5 heteroatoms. The maximum Gasteiger partial charge on any atom is 0.224 e. The van der Waals surface area contributed by atoms with Crippen LogP contribution in [-0.4, -0.2) is 36.6 Å². The van der Waals surface area contributed by atoms with Crippen molar-refractivity contribution < 1.29 is 0 Å². The maximum absolute atomic E-state index is 4.51. The van der Waals surface area contributed by atoms with Gasteiger partial charge in [-0.1, -0.05) is 0 Å². The van der Waals surface area contributed by atoms with Gasteiger partial charge in [0.05, 0.1) is 0 Å². The van der Waals surface area contributed by atoms with Crippen molar-refractivity contribution in [2.45, 2.75) is 13.5 Å². The molecule has 0 saturated carbocycles. The molecule has 0 spiro atoms. The smallest absolute Gasteiger partial charge is 0.224 e. The van der Waals surface area contributed by atoms with Crippen molar-refractivity contribution in [1.82, 2.24) is 15.3 Å². The van der Waals surface area contributed by atoms with Gasteiger partial charge in [0, 0.05) is 45.0 Å². The average molecular weight is 207 g/mol. The minimum atomic E-state index is 0.713. The molecule has 0 saturated heterocycles. The number of fused-ring (bicyclic) bond motifs is 1. The molecule has 0 fully saturated rings. The predicted octanol–water partition coefficient (Wildman–Crippen LogP) is 0.448. The second kappa shape index (κ2) is 4.44. The standard InChI is InChI=1S/C10H17N5/c1-3-12-10-13-7-8-6-11-4-5-15(2)9(8)14-10/h7,11H,3-6H2,1-2H3,(H,12,13,14).